The van der Waals surface area contributed by atoms with E-state index in [4.69, 9.17) is 15.6 Å². The lowest BCUT2D eigenvalue weighted by Gasteiger charge is -2.40. The minimum absolute atomic E-state index is 0.0439. The normalized spacial score (nSPS) is 13.2. The summed E-state index contributed by atoms with van der Waals surface area (Å²) in [5, 5.41) is 8.36. The summed E-state index contributed by atoms with van der Waals surface area (Å²) in [7, 11) is 1.43. The molecule has 3 N–H and O–H groups in total. The Morgan fingerprint density at radius 1 is 1.12 bits per heavy atom. The number of carbonyl (C=O) groups excluding carboxylic acids is 2. The predicted octanol–water partition coefficient (Wildman–Crippen LogP) is 3.42. The predicted molar refractivity (Wildman–Crippen MR) is 150 cm³/mol. The number of aldehydes is 1. The number of fused-ring (bicyclic) bond motifs is 1. The number of nitrogens with zero attached hydrogens (tertiary/aromatic N) is 6. The second-order valence-electron chi connectivity index (χ2n) is 9.60. The highest BCUT2D eigenvalue weighted by Gasteiger charge is 2.32. The summed E-state index contributed by atoms with van der Waals surface area (Å²) in [4.78, 5) is 38.7. The maximum atomic E-state index is 13.7. The molecule has 1 saturated heterocycles. The van der Waals surface area contributed by atoms with Gasteiger partial charge in [0.2, 0.25) is 0 Å². The summed E-state index contributed by atoms with van der Waals surface area (Å²) < 4.78 is 20.7. The Bertz CT molecular complexity index is 1750. The first kappa shape index (κ1) is 25.9. The Hall–Kier alpha value is -5.39. The first-order chi connectivity index (χ1) is 19.9. The molecule has 4 heterocycles. The Kier molecular flexibility index (Phi) is 6.71. The van der Waals surface area contributed by atoms with Crippen molar-refractivity contribution in [1.29, 1.82) is 0 Å². The summed E-state index contributed by atoms with van der Waals surface area (Å²) in [5.74, 6) is 0.456. The van der Waals surface area contributed by atoms with Gasteiger partial charge in [-0.1, -0.05) is 24.3 Å². The molecule has 0 unspecified atom stereocenters. The van der Waals surface area contributed by atoms with Crippen LogP contribution in [0.25, 0.3) is 22.3 Å². The number of hydrogen-bond donors (Lipinski definition) is 2. The average molecular weight is 553 g/mol. The summed E-state index contributed by atoms with van der Waals surface area (Å²) in [5.41, 5.74) is 9.89. The smallest absolute Gasteiger partial charge is 0.255 e. The quantitative estimate of drug-likeness (QED) is 0.277. The summed E-state index contributed by atoms with van der Waals surface area (Å²) >= 11 is 0. The van der Waals surface area contributed by atoms with Gasteiger partial charge in [-0.2, -0.15) is 5.10 Å². The van der Waals surface area contributed by atoms with Crippen molar-refractivity contribution in [3.05, 3.63) is 89.6 Å². The van der Waals surface area contributed by atoms with Gasteiger partial charge in [0, 0.05) is 37.0 Å². The van der Waals surface area contributed by atoms with Gasteiger partial charge in [0.15, 0.2) is 11.9 Å². The van der Waals surface area contributed by atoms with Crippen LogP contribution in [0.5, 0.6) is 5.75 Å². The number of nitrogens with two attached hydrogens (primary N) is 1. The van der Waals surface area contributed by atoms with Crippen LogP contribution in [0.4, 0.5) is 16.0 Å². The van der Waals surface area contributed by atoms with Gasteiger partial charge in [0.1, 0.15) is 35.2 Å². The first-order valence-corrected chi connectivity index (χ1v) is 12.8. The van der Waals surface area contributed by atoms with E-state index in [9.17, 15) is 14.0 Å². The molecule has 0 atom stereocenters. The summed E-state index contributed by atoms with van der Waals surface area (Å²) in [6.07, 6.45) is 3.75. The largest absolute Gasteiger partial charge is 0.496 e. The van der Waals surface area contributed by atoms with E-state index < -0.39 is 11.7 Å². The van der Waals surface area contributed by atoms with E-state index in [0.29, 0.717) is 46.9 Å². The van der Waals surface area contributed by atoms with Crippen LogP contribution in [-0.2, 0) is 6.54 Å². The van der Waals surface area contributed by atoms with Crippen molar-refractivity contribution in [2.75, 3.05) is 30.8 Å². The molecule has 0 saturated carbocycles. The van der Waals surface area contributed by atoms with Gasteiger partial charge >= 0.3 is 0 Å². The molecular weight excluding hydrogens is 527 g/mol. The summed E-state index contributed by atoms with van der Waals surface area (Å²) in [6, 6.07) is 15.0. The number of carbonyl (C=O) groups is 2. The Morgan fingerprint density at radius 3 is 2.63 bits per heavy atom. The Balaban J connectivity index is 1.20. The molecule has 6 rings (SSSR count). The molecule has 1 fully saturated rings. The zero-order chi connectivity index (χ0) is 28.5. The van der Waals surface area contributed by atoms with Gasteiger partial charge in [-0.15, -0.1) is 0 Å². The van der Waals surface area contributed by atoms with E-state index in [2.05, 4.69) is 25.2 Å². The van der Waals surface area contributed by atoms with Crippen molar-refractivity contribution in [3.8, 4) is 17.0 Å². The number of pyridine rings is 1. The number of halogens is 1. The third-order valence-electron chi connectivity index (χ3n) is 7.04. The third kappa shape index (κ3) is 4.91. The molecule has 206 valence electrons. The van der Waals surface area contributed by atoms with Crippen LogP contribution in [-0.4, -0.2) is 57.1 Å². The molecule has 0 radical (unpaired) electrons. The second-order valence-corrected chi connectivity index (χ2v) is 9.60. The molecule has 2 aromatic carbocycles. The van der Waals surface area contributed by atoms with Crippen LogP contribution in [0.15, 0.2) is 67.1 Å². The molecule has 41 heavy (non-hydrogen) atoms. The van der Waals surface area contributed by atoms with Crippen LogP contribution in [0.2, 0.25) is 0 Å². The zero-order valence-corrected chi connectivity index (χ0v) is 22.0. The monoisotopic (exact) mass is 552 g/mol. The van der Waals surface area contributed by atoms with Crippen molar-refractivity contribution < 1.29 is 18.7 Å². The van der Waals surface area contributed by atoms with Crippen molar-refractivity contribution in [3.63, 3.8) is 0 Å². The van der Waals surface area contributed by atoms with Gasteiger partial charge in [0.05, 0.1) is 24.1 Å². The van der Waals surface area contributed by atoms with E-state index in [1.54, 1.807) is 12.3 Å². The van der Waals surface area contributed by atoms with Crippen molar-refractivity contribution in [1.82, 2.24) is 30.0 Å². The molecular formula is C29H25FN8O3. The molecule has 0 spiro atoms. The number of aromatic nitrogens is 5. The number of benzene rings is 2. The molecule has 0 bridgehead atoms. The highest BCUT2D eigenvalue weighted by atomic mass is 19.1. The zero-order valence-electron chi connectivity index (χ0n) is 22.0. The number of hydrogen-bond acceptors (Lipinski definition) is 9. The number of ether oxygens (including phenoxy) is 1. The Morgan fingerprint density at radius 2 is 1.93 bits per heavy atom. The highest BCUT2D eigenvalue weighted by molar-refractivity contribution is 5.98. The minimum atomic E-state index is -0.519. The standard InChI is InChI=1S/C29H25FN8O3/c1-41-23-8-7-20(30)10-22(23)29(40)33-11-17-2-5-19(6-3-17)26-25-27(31)34-16-35-28(25)38(36-26)21-13-37(14-21)24-9-4-18(15-39)12-32-24/h2-10,12,15-16,21H,11,13-14H2,1H3,(H,33,40)(H2,31,34,35). The maximum absolute atomic E-state index is 13.7. The SMILES string of the molecule is COc1ccc(F)cc1C(=O)NCc1ccc(-c2nn(C3CN(c4ccc(C=O)cn4)C3)c3ncnc(N)c23)cc1. The fourth-order valence-electron chi connectivity index (χ4n) is 4.82. The molecule has 1 aliphatic heterocycles. The van der Waals surface area contributed by atoms with E-state index in [1.165, 1.54) is 25.6 Å². The lowest BCUT2D eigenvalue weighted by Crippen LogP contribution is -2.48. The molecule has 3 aromatic heterocycles. The van der Waals surface area contributed by atoms with E-state index in [0.717, 1.165) is 29.3 Å². The number of amides is 1. The molecule has 0 aliphatic carbocycles. The van der Waals surface area contributed by atoms with Gasteiger partial charge in [-0.25, -0.2) is 24.0 Å². The van der Waals surface area contributed by atoms with Crippen molar-refractivity contribution in [2.24, 2.45) is 0 Å². The van der Waals surface area contributed by atoms with Crippen LogP contribution in [0.1, 0.15) is 32.3 Å². The first-order valence-electron chi connectivity index (χ1n) is 12.8. The van der Waals surface area contributed by atoms with E-state index in [1.807, 2.05) is 35.0 Å². The fourth-order valence-corrected chi connectivity index (χ4v) is 4.82. The van der Waals surface area contributed by atoms with Crippen LogP contribution >= 0.6 is 0 Å². The lowest BCUT2D eigenvalue weighted by molar-refractivity contribution is 0.0947. The van der Waals surface area contributed by atoms with E-state index >= 15 is 0 Å². The number of methoxy groups -OCH3 is 1. The topological polar surface area (TPSA) is 141 Å². The molecule has 1 amide bonds. The maximum Gasteiger partial charge on any atom is 0.255 e. The average Bonchev–Trinajstić information content (AvgIpc) is 3.36. The van der Waals surface area contributed by atoms with E-state index in [-0.39, 0.29) is 18.2 Å². The lowest BCUT2D eigenvalue weighted by atomic mass is 10.1. The third-order valence-corrected chi connectivity index (χ3v) is 7.04. The van der Waals surface area contributed by atoms with Gasteiger partial charge in [-0.05, 0) is 35.9 Å². The number of nitrogen functional groups attached to an aromatic ring is 1. The summed E-state index contributed by atoms with van der Waals surface area (Å²) in [6.45, 7) is 1.57. The van der Waals surface area contributed by atoms with Crippen molar-refractivity contribution >= 4 is 34.9 Å². The molecule has 11 nitrogen and oxygen atoms in total. The number of nitrogens with one attached hydrogen (secondary N) is 1. The van der Waals surface area contributed by atoms with Gasteiger partial charge < -0.3 is 20.7 Å². The minimum Gasteiger partial charge on any atom is -0.496 e. The van der Waals surface area contributed by atoms with Crippen molar-refractivity contribution in [2.45, 2.75) is 12.6 Å². The number of anilines is 2. The number of rotatable bonds is 8. The Labute approximate surface area is 233 Å². The highest BCUT2D eigenvalue weighted by Crippen LogP contribution is 2.35. The van der Waals surface area contributed by atoms with Crippen LogP contribution in [0.3, 0.4) is 0 Å². The van der Waals surface area contributed by atoms with Crippen LogP contribution in [0, 0.1) is 5.82 Å². The van der Waals surface area contributed by atoms with Gasteiger partial charge in [0.25, 0.3) is 5.91 Å². The fraction of sp³-hybridized carbons (Fsp3) is 0.172. The second kappa shape index (κ2) is 10.6. The molecule has 12 heteroatoms. The molecule has 5 aromatic rings. The van der Waals surface area contributed by atoms with Gasteiger partial charge in [-0.3, -0.25) is 9.59 Å². The van der Waals surface area contributed by atoms with Crippen LogP contribution < -0.4 is 20.7 Å². The molecule has 1 aliphatic rings.